The van der Waals surface area contributed by atoms with Crippen LogP contribution in [0.4, 0.5) is 4.39 Å². The Morgan fingerprint density at radius 3 is 2.70 bits per heavy atom. The molecule has 27 heavy (non-hydrogen) atoms. The zero-order chi connectivity index (χ0) is 19.2. The van der Waals surface area contributed by atoms with Gasteiger partial charge in [0.05, 0.1) is 12.8 Å². The number of nitrogens with one attached hydrogen (secondary N) is 1. The lowest BCUT2D eigenvalue weighted by molar-refractivity contribution is -0.135. The molecule has 1 fully saturated rings. The van der Waals surface area contributed by atoms with Gasteiger partial charge < -0.3 is 14.6 Å². The first-order valence-corrected chi connectivity index (χ1v) is 9.84. The number of nitrogens with zero attached hydrogens (tertiary/aromatic N) is 1. The molecule has 0 aliphatic carbocycles. The number of hydrogen-bond acceptors (Lipinski definition) is 3. The van der Waals surface area contributed by atoms with Gasteiger partial charge in [0, 0.05) is 29.9 Å². The number of halogens is 2. The lowest BCUT2D eigenvalue weighted by Gasteiger charge is -2.31. The average Bonchev–Trinajstić information content (AvgIpc) is 3.19. The van der Waals surface area contributed by atoms with Gasteiger partial charge in [-0.2, -0.15) is 0 Å². The van der Waals surface area contributed by atoms with Crippen LogP contribution in [0.25, 0.3) is 0 Å². The van der Waals surface area contributed by atoms with Crippen LogP contribution in [0.3, 0.4) is 0 Å². The topological polar surface area (TPSA) is 62.6 Å². The van der Waals surface area contributed by atoms with E-state index >= 15 is 0 Å². The molecule has 0 spiro atoms. The summed E-state index contributed by atoms with van der Waals surface area (Å²) in [6, 6.07) is 8.48. The zero-order valence-electron chi connectivity index (χ0n) is 14.9. The third-order valence-electron chi connectivity index (χ3n) is 4.86. The van der Waals surface area contributed by atoms with Gasteiger partial charge >= 0.3 is 0 Å². The second kappa shape index (κ2) is 9.17. The molecule has 1 aliphatic rings. The van der Waals surface area contributed by atoms with Gasteiger partial charge in [-0.3, -0.25) is 9.59 Å². The van der Waals surface area contributed by atoms with Crippen molar-refractivity contribution in [2.24, 2.45) is 5.92 Å². The largest absolute Gasteiger partial charge is 0.467 e. The van der Waals surface area contributed by atoms with Crippen molar-refractivity contribution >= 4 is 27.7 Å². The van der Waals surface area contributed by atoms with E-state index in [9.17, 15) is 14.0 Å². The molecule has 3 rings (SSSR count). The maximum Gasteiger partial charge on any atom is 0.223 e. The van der Waals surface area contributed by atoms with Crippen molar-refractivity contribution in [3.05, 3.63) is 58.2 Å². The number of furan rings is 1. The van der Waals surface area contributed by atoms with E-state index in [0.717, 1.165) is 5.76 Å². The zero-order valence-corrected chi connectivity index (χ0v) is 16.5. The molecule has 0 saturated carbocycles. The van der Waals surface area contributed by atoms with E-state index < -0.39 is 0 Å². The lowest BCUT2D eigenvalue weighted by Crippen LogP contribution is -2.43. The Hall–Kier alpha value is -2.15. The predicted molar refractivity (Wildman–Crippen MR) is 102 cm³/mol. The van der Waals surface area contributed by atoms with Crippen LogP contribution < -0.4 is 5.32 Å². The number of carbonyl (C=O) groups excluding carboxylic acids is 2. The van der Waals surface area contributed by atoms with Crippen LogP contribution in [0, 0.1) is 11.7 Å². The van der Waals surface area contributed by atoms with Gasteiger partial charge in [-0.15, -0.1) is 0 Å². The van der Waals surface area contributed by atoms with Crippen LogP contribution in [-0.4, -0.2) is 29.8 Å². The molecule has 2 amide bonds. The van der Waals surface area contributed by atoms with Gasteiger partial charge in [0.15, 0.2) is 0 Å². The highest BCUT2D eigenvalue weighted by molar-refractivity contribution is 9.10. The number of benzene rings is 1. The second-order valence-electron chi connectivity index (χ2n) is 6.69. The highest BCUT2D eigenvalue weighted by Gasteiger charge is 2.27. The Morgan fingerprint density at radius 2 is 2.04 bits per heavy atom. The van der Waals surface area contributed by atoms with Crippen LogP contribution >= 0.6 is 15.9 Å². The number of piperidine rings is 1. The van der Waals surface area contributed by atoms with E-state index in [4.69, 9.17) is 4.42 Å². The molecule has 0 unspecified atom stereocenters. The molecule has 2 heterocycles. The van der Waals surface area contributed by atoms with E-state index in [0.29, 0.717) is 48.9 Å². The first-order valence-electron chi connectivity index (χ1n) is 9.04. The summed E-state index contributed by atoms with van der Waals surface area (Å²) in [4.78, 5) is 26.4. The SMILES string of the molecule is O=C(NCc1ccco1)C1CCN(C(=O)CCc2ccc(Br)cc2F)CC1. The Kier molecular flexibility index (Phi) is 6.66. The van der Waals surface area contributed by atoms with Crippen molar-refractivity contribution in [2.45, 2.75) is 32.2 Å². The standard InChI is InChI=1S/C20H22BrFN2O3/c21-16-5-3-14(18(22)12-16)4-6-19(25)24-9-7-15(8-10-24)20(26)23-13-17-2-1-11-27-17/h1-3,5,11-12,15H,4,6-10,13H2,(H,23,26). The van der Waals surface area contributed by atoms with Crippen molar-refractivity contribution in [1.82, 2.24) is 10.2 Å². The number of amides is 2. The van der Waals surface area contributed by atoms with Gasteiger partial charge in [0.1, 0.15) is 11.6 Å². The monoisotopic (exact) mass is 436 g/mol. The third kappa shape index (κ3) is 5.42. The first kappa shape index (κ1) is 19.6. The molecule has 0 radical (unpaired) electrons. The fourth-order valence-electron chi connectivity index (χ4n) is 3.25. The lowest BCUT2D eigenvalue weighted by atomic mass is 9.95. The van der Waals surface area contributed by atoms with E-state index in [-0.39, 0.29) is 30.0 Å². The van der Waals surface area contributed by atoms with Crippen LogP contribution in [-0.2, 0) is 22.6 Å². The summed E-state index contributed by atoms with van der Waals surface area (Å²) >= 11 is 3.23. The smallest absolute Gasteiger partial charge is 0.223 e. The molecule has 1 N–H and O–H groups in total. The maximum absolute atomic E-state index is 13.9. The van der Waals surface area contributed by atoms with E-state index in [1.165, 1.54) is 6.07 Å². The Balaban J connectivity index is 1.41. The van der Waals surface area contributed by atoms with Crippen LogP contribution in [0.2, 0.25) is 0 Å². The minimum absolute atomic E-state index is 0.00423. The molecule has 0 bridgehead atoms. The van der Waals surface area contributed by atoms with E-state index in [1.54, 1.807) is 29.4 Å². The summed E-state index contributed by atoms with van der Waals surface area (Å²) in [5.41, 5.74) is 0.540. The summed E-state index contributed by atoms with van der Waals surface area (Å²) in [7, 11) is 0. The third-order valence-corrected chi connectivity index (χ3v) is 5.35. The highest BCUT2D eigenvalue weighted by Crippen LogP contribution is 2.20. The van der Waals surface area contributed by atoms with Crippen molar-refractivity contribution in [1.29, 1.82) is 0 Å². The molecule has 1 aromatic carbocycles. The van der Waals surface area contributed by atoms with Gasteiger partial charge in [-0.1, -0.05) is 22.0 Å². The predicted octanol–water partition coefficient (Wildman–Crippen LogP) is 3.67. The molecule has 5 nitrogen and oxygen atoms in total. The van der Waals surface area contributed by atoms with Crippen LogP contribution in [0.15, 0.2) is 45.5 Å². The molecule has 144 valence electrons. The van der Waals surface area contributed by atoms with Gasteiger partial charge in [0.25, 0.3) is 0 Å². The molecule has 7 heteroatoms. The van der Waals surface area contributed by atoms with E-state index in [2.05, 4.69) is 21.2 Å². The first-order chi connectivity index (χ1) is 13.0. The fraction of sp³-hybridized carbons (Fsp3) is 0.400. The Labute approximate surface area is 166 Å². The normalized spacial score (nSPS) is 15.0. The average molecular weight is 437 g/mol. The summed E-state index contributed by atoms with van der Waals surface area (Å²) in [5, 5.41) is 2.87. The van der Waals surface area contributed by atoms with Crippen molar-refractivity contribution in [3.8, 4) is 0 Å². The summed E-state index contributed by atoms with van der Waals surface area (Å²) in [6.45, 7) is 1.49. The Bertz CT molecular complexity index is 787. The second-order valence-corrected chi connectivity index (χ2v) is 7.60. The molecule has 1 aromatic heterocycles. The van der Waals surface area contributed by atoms with Gasteiger partial charge in [0.2, 0.25) is 11.8 Å². The van der Waals surface area contributed by atoms with Gasteiger partial charge in [-0.25, -0.2) is 4.39 Å². The van der Waals surface area contributed by atoms with Crippen LogP contribution in [0.1, 0.15) is 30.6 Å². The summed E-state index contributed by atoms with van der Waals surface area (Å²) in [5.74, 6) is 0.329. The quantitative estimate of drug-likeness (QED) is 0.751. The summed E-state index contributed by atoms with van der Waals surface area (Å²) < 4.78 is 19.7. The summed E-state index contributed by atoms with van der Waals surface area (Å²) in [6.07, 6.45) is 3.51. The molecule has 1 aliphatic heterocycles. The van der Waals surface area contributed by atoms with Crippen LogP contribution in [0.5, 0.6) is 0 Å². The number of aryl methyl sites for hydroxylation is 1. The molecule has 2 aromatic rings. The number of hydrogen-bond donors (Lipinski definition) is 1. The number of rotatable bonds is 6. The minimum Gasteiger partial charge on any atom is -0.467 e. The van der Waals surface area contributed by atoms with E-state index in [1.807, 2.05) is 6.07 Å². The maximum atomic E-state index is 13.9. The molecular formula is C20H22BrFN2O3. The van der Waals surface area contributed by atoms with Crippen molar-refractivity contribution in [3.63, 3.8) is 0 Å². The van der Waals surface area contributed by atoms with Gasteiger partial charge in [-0.05, 0) is 49.1 Å². The number of carbonyl (C=O) groups is 2. The Morgan fingerprint density at radius 1 is 1.26 bits per heavy atom. The molecular weight excluding hydrogens is 415 g/mol. The van der Waals surface area contributed by atoms with Crippen molar-refractivity contribution in [2.75, 3.05) is 13.1 Å². The minimum atomic E-state index is -0.302. The van der Waals surface area contributed by atoms with Crippen molar-refractivity contribution < 1.29 is 18.4 Å². The fourth-order valence-corrected chi connectivity index (χ4v) is 3.58. The number of likely N-dealkylation sites (tertiary alicyclic amines) is 1. The molecule has 0 atom stereocenters. The highest BCUT2D eigenvalue weighted by atomic mass is 79.9. The molecule has 1 saturated heterocycles.